The zero-order valence-electron chi connectivity index (χ0n) is 40.7. The highest BCUT2D eigenvalue weighted by molar-refractivity contribution is 7.43. The van der Waals surface area contributed by atoms with Gasteiger partial charge in [0, 0.05) is 47.9 Å². The number of rotatable bonds is 14. The summed E-state index contributed by atoms with van der Waals surface area (Å²) in [5.74, 6) is 3.78. The van der Waals surface area contributed by atoms with Crippen molar-refractivity contribution in [2.24, 2.45) is 0 Å². The van der Waals surface area contributed by atoms with Crippen LogP contribution in [0.2, 0.25) is 20.1 Å². The Balaban J connectivity index is 1.73. The first kappa shape index (κ1) is 52.3. The molecule has 0 spiro atoms. The first-order valence-electron chi connectivity index (χ1n) is 21.9. The number of hydrogen-bond acceptors (Lipinski definition) is 7. The predicted octanol–water partition coefficient (Wildman–Crippen LogP) is 19.2. The topological polar surface area (TPSA) is 64.6 Å². The molecule has 0 aliphatic carbocycles. The monoisotopic (exact) mass is 1020 g/mol. The van der Waals surface area contributed by atoms with Gasteiger partial charge in [-0.1, -0.05) is 115 Å². The van der Waals surface area contributed by atoms with E-state index in [1.54, 1.807) is 97.1 Å². The summed E-state index contributed by atoms with van der Waals surface area (Å²) in [4.78, 5) is 0. The summed E-state index contributed by atoms with van der Waals surface area (Å²) < 4.78 is 48.2. The molecule has 6 aromatic carbocycles. The van der Waals surface area contributed by atoms with E-state index < -0.39 is 33.6 Å². The fraction of sp³-hybridized carbons (Fsp3) is 0.333. The standard InChI is InChI=1S/C54H60Cl4O7P2/c1-33-43(51(3,4)5)31-44(52(6,7)8)49(64-66(60-39-23-15-35(55)16-24-39)61-40-25-17-36(56)18-26-40)47(33)48-34(2)46(59-54(12,13)14)32-45(53(9,10)11)50(48)65-67(62-41-27-19-37(57)20-28-41)63-42-29-21-38(58)22-30-42/h15-32H,1-14H3. The Morgan fingerprint density at radius 3 is 0.925 bits per heavy atom. The molecule has 6 aromatic rings. The fourth-order valence-corrected chi connectivity index (χ4v) is 9.78. The van der Waals surface area contributed by atoms with Crippen molar-refractivity contribution in [2.45, 2.75) is 119 Å². The molecule has 0 N–H and O–H groups in total. The van der Waals surface area contributed by atoms with Gasteiger partial charge in [-0.15, -0.1) is 0 Å². The van der Waals surface area contributed by atoms with E-state index >= 15 is 0 Å². The lowest BCUT2D eigenvalue weighted by Crippen LogP contribution is -2.25. The van der Waals surface area contributed by atoms with Gasteiger partial charge in [0.05, 0.1) is 0 Å². The van der Waals surface area contributed by atoms with Gasteiger partial charge < -0.3 is 31.9 Å². The van der Waals surface area contributed by atoms with Crippen LogP contribution in [0.1, 0.15) is 111 Å². The van der Waals surface area contributed by atoms with Crippen LogP contribution >= 0.6 is 63.6 Å². The maximum atomic E-state index is 7.35. The number of hydrogen-bond donors (Lipinski definition) is 0. The first-order valence-corrected chi connectivity index (χ1v) is 25.6. The molecule has 67 heavy (non-hydrogen) atoms. The average Bonchev–Trinajstić information content (AvgIpc) is 3.21. The summed E-state index contributed by atoms with van der Waals surface area (Å²) in [5.41, 5.74) is 4.30. The van der Waals surface area contributed by atoms with E-state index in [4.69, 9.17) is 78.3 Å². The van der Waals surface area contributed by atoms with Crippen molar-refractivity contribution in [1.82, 2.24) is 0 Å². The van der Waals surface area contributed by atoms with Gasteiger partial charge in [0.25, 0.3) is 0 Å². The Morgan fingerprint density at radius 1 is 0.358 bits per heavy atom. The van der Waals surface area contributed by atoms with E-state index in [0.29, 0.717) is 60.3 Å². The van der Waals surface area contributed by atoms with Gasteiger partial charge in [-0.2, -0.15) is 0 Å². The second-order valence-electron chi connectivity index (χ2n) is 20.3. The quantitative estimate of drug-likeness (QED) is 0.101. The van der Waals surface area contributed by atoms with Gasteiger partial charge in [0.15, 0.2) is 0 Å². The van der Waals surface area contributed by atoms with E-state index in [9.17, 15) is 0 Å². The summed E-state index contributed by atoms with van der Waals surface area (Å²) in [6, 6.07) is 32.7. The van der Waals surface area contributed by atoms with Crippen LogP contribution in [0.5, 0.6) is 40.2 Å². The van der Waals surface area contributed by atoms with Crippen molar-refractivity contribution in [3.05, 3.63) is 157 Å². The van der Waals surface area contributed by atoms with Crippen molar-refractivity contribution in [1.29, 1.82) is 0 Å². The zero-order valence-corrected chi connectivity index (χ0v) is 45.5. The second-order valence-corrected chi connectivity index (χ2v) is 24.1. The van der Waals surface area contributed by atoms with Crippen molar-refractivity contribution >= 4 is 63.6 Å². The van der Waals surface area contributed by atoms with Crippen LogP contribution in [0.3, 0.4) is 0 Å². The Bertz CT molecular complexity index is 2550. The molecule has 0 radical (unpaired) electrons. The van der Waals surface area contributed by atoms with Crippen LogP contribution in [-0.4, -0.2) is 5.60 Å². The minimum atomic E-state index is -2.23. The minimum Gasteiger partial charge on any atom is -0.488 e. The fourth-order valence-electron chi connectivity index (χ4n) is 7.20. The highest BCUT2D eigenvalue weighted by atomic mass is 35.5. The Morgan fingerprint density at radius 2 is 0.642 bits per heavy atom. The number of benzene rings is 6. The smallest absolute Gasteiger partial charge is 0.488 e. The highest BCUT2D eigenvalue weighted by Gasteiger charge is 2.38. The summed E-state index contributed by atoms with van der Waals surface area (Å²) in [6.07, 6.45) is 0. The van der Waals surface area contributed by atoms with Gasteiger partial charge in [-0.3, -0.25) is 0 Å². The number of halogens is 4. The first-order chi connectivity index (χ1) is 31.2. The molecule has 0 unspecified atom stereocenters. The van der Waals surface area contributed by atoms with Crippen LogP contribution < -0.4 is 31.9 Å². The molecule has 7 nitrogen and oxygen atoms in total. The lowest BCUT2D eigenvalue weighted by Gasteiger charge is -2.35. The zero-order chi connectivity index (χ0) is 49.2. The van der Waals surface area contributed by atoms with Crippen molar-refractivity contribution in [3.8, 4) is 51.4 Å². The third-order valence-corrected chi connectivity index (χ3v) is 13.5. The van der Waals surface area contributed by atoms with Crippen molar-refractivity contribution in [2.75, 3.05) is 0 Å². The maximum Gasteiger partial charge on any atom is 0.530 e. The SMILES string of the molecule is Cc1c(OC(C)(C)C)cc(C(C)(C)C)c(OP(Oc2ccc(Cl)cc2)Oc2ccc(Cl)cc2)c1-c1c(C)c(C(C)(C)C)cc(C(C)(C)C)c1OP(Oc1ccc(Cl)cc1)Oc1ccc(Cl)cc1. The molecule has 0 aromatic heterocycles. The Kier molecular flexibility index (Phi) is 16.3. The molecule has 0 amide bonds. The molecule has 0 fully saturated rings. The normalized spacial score (nSPS) is 12.3. The summed E-state index contributed by atoms with van der Waals surface area (Å²) in [5, 5.41) is 2.26. The van der Waals surface area contributed by atoms with Crippen LogP contribution in [-0.2, 0) is 16.2 Å². The minimum absolute atomic E-state index is 0.314. The summed E-state index contributed by atoms with van der Waals surface area (Å²) in [6.45, 7) is 29.9. The predicted molar refractivity (Wildman–Crippen MR) is 281 cm³/mol. The molecule has 0 aliphatic rings. The van der Waals surface area contributed by atoms with Crippen molar-refractivity contribution < 1.29 is 31.9 Å². The van der Waals surface area contributed by atoms with Crippen LogP contribution in [0.15, 0.2) is 109 Å². The van der Waals surface area contributed by atoms with E-state index in [-0.39, 0.29) is 5.41 Å². The molecule has 6 rings (SSSR count). The average molecular weight is 1020 g/mol. The van der Waals surface area contributed by atoms with E-state index in [1.807, 2.05) is 20.8 Å². The molecule has 0 atom stereocenters. The van der Waals surface area contributed by atoms with Gasteiger partial charge in [0.1, 0.15) is 45.8 Å². The van der Waals surface area contributed by atoms with Crippen LogP contribution in [0.25, 0.3) is 11.1 Å². The molecular formula is C54H60Cl4O7P2. The van der Waals surface area contributed by atoms with E-state index in [1.165, 1.54) is 0 Å². The second kappa shape index (κ2) is 20.9. The Labute approximate surface area is 420 Å². The lowest BCUT2D eigenvalue weighted by atomic mass is 9.74. The molecule has 0 bridgehead atoms. The van der Waals surface area contributed by atoms with Gasteiger partial charge in [-0.25, -0.2) is 0 Å². The molecule has 356 valence electrons. The largest absolute Gasteiger partial charge is 0.530 e. The summed E-state index contributed by atoms with van der Waals surface area (Å²) >= 11 is 25.4. The van der Waals surface area contributed by atoms with Gasteiger partial charge in [0.2, 0.25) is 0 Å². The van der Waals surface area contributed by atoms with Crippen LogP contribution in [0, 0.1) is 13.8 Å². The third-order valence-electron chi connectivity index (χ3n) is 10.4. The maximum absolute atomic E-state index is 7.35. The molecule has 0 aliphatic heterocycles. The van der Waals surface area contributed by atoms with Crippen molar-refractivity contribution in [3.63, 3.8) is 0 Å². The van der Waals surface area contributed by atoms with Crippen LogP contribution in [0.4, 0.5) is 0 Å². The number of ether oxygens (including phenoxy) is 1. The molecular weight excluding hydrogens is 964 g/mol. The molecule has 0 saturated heterocycles. The Hall–Kier alpha value is -4.06. The summed E-state index contributed by atoms with van der Waals surface area (Å²) in [7, 11) is -4.45. The molecule has 0 saturated carbocycles. The lowest BCUT2D eigenvalue weighted by molar-refractivity contribution is 0.129. The molecule has 13 heteroatoms. The van der Waals surface area contributed by atoms with E-state index in [2.05, 4.69) is 88.3 Å². The van der Waals surface area contributed by atoms with E-state index in [0.717, 1.165) is 38.9 Å². The van der Waals surface area contributed by atoms with Gasteiger partial charge >= 0.3 is 17.2 Å². The third kappa shape index (κ3) is 13.8. The van der Waals surface area contributed by atoms with Gasteiger partial charge in [-0.05, 0) is 165 Å². The highest BCUT2D eigenvalue weighted by Crippen LogP contribution is 2.58. The molecule has 0 heterocycles.